The summed E-state index contributed by atoms with van der Waals surface area (Å²) in [4.78, 5) is 25.1. The predicted molar refractivity (Wildman–Crippen MR) is 117 cm³/mol. The molecule has 0 spiro atoms. The van der Waals surface area contributed by atoms with Gasteiger partial charge in [0, 0.05) is 17.9 Å². The van der Waals surface area contributed by atoms with E-state index in [-0.39, 0.29) is 18.2 Å². The van der Waals surface area contributed by atoms with Crippen LogP contribution in [-0.2, 0) is 16.1 Å². The summed E-state index contributed by atoms with van der Waals surface area (Å²) in [5.74, 6) is -0.129. The van der Waals surface area contributed by atoms with E-state index in [1.807, 2.05) is 73.7 Å². The number of Topliss-reactive ketones (excluding diaryl/α,β-unsaturated/α-hetero) is 1. The maximum Gasteiger partial charge on any atom is 0.305 e. The van der Waals surface area contributed by atoms with Crippen LogP contribution < -0.4 is 4.74 Å². The molecule has 154 valence electrons. The van der Waals surface area contributed by atoms with Crippen molar-refractivity contribution in [3.8, 4) is 5.75 Å². The van der Waals surface area contributed by atoms with Crippen LogP contribution in [0.2, 0.25) is 0 Å². The van der Waals surface area contributed by atoms with Crippen LogP contribution in [0.4, 0.5) is 0 Å². The number of aryl methyl sites for hydroxylation is 1. The number of carbonyl (C=O) groups excluding carboxylic acids is 2. The van der Waals surface area contributed by atoms with Gasteiger partial charge < -0.3 is 9.47 Å². The van der Waals surface area contributed by atoms with Crippen molar-refractivity contribution < 1.29 is 19.1 Å². The van der Waals surface area contributed by atoms with Gasteiger partial charge in [-0.05, 0) is 42.2 Å². The molecule has 0 fully saturated rings. The van der Waals surface area contributed by atoms with Crippen LogP contribution in [0, 0.1) is 6.92 Å². The SMILES string of the molecule is COC(=O)CCC(C(=O)c1cccc(OCc2ccccc2)c1)c1ccccc1C. The number of hydrogen-bond donors (Lipinski definition) is 0. The van der Waals surface area contributed by atoms with E-state index in [0.717, 1.165) is 16.7 Å². The number of esters is 1. The van der Waals surface area contributed by atoms with Crippen LogP contribution in [0.5, 0.6) is 5.75 Å². The minimum atomic E-state index is -0.422. The van der Waals surface area contributed by atoms with Gasteiger partial charge in [0.05, 0.1) is 7.11 Å². The lowest BCUT2D eigenvalue weighted by molar-refractivity contribution is -0.140. The molecule has 0 N–H and O–H groups in total. The number of rotatable bonds is 9. The molecule has 0 amide bonds. The summed E-state index contributed by atoms with van der Waals surface area (Å²) < 4.78 is 10.7. The Hall–Kier alpha value is -3.40. The molecule has 3 aromatic rings. The van der Waals surface area contributed by atoms with E-state index < -0.39 is 5.92 Å². The van der Waals surface area contributed by atoms with Crippen molar-refractivity contribution in [3.63, 3.8) is 0 Å². The summed E-state index contributed by atoms with van der Waals surface area (Å²) in [6.07, 6.45) is 0.580. The molecule has 0 saturated heterocycles. The van der Waals surface area contributed by atoms with Crippen molar-refractivity contribution in [1.82, 2.24) is 0 Å². The molecule has 3 rings (SSSR count). The van der Waals surface area contributed by atoms with Gasteiger partial charge in [-0.15, -0.1) is 0 Å². The first-order valence-corrected chi connectivity index (χ1v) is 10.0. The normalized spacial score (nSPS) is 11.5. The summed E-state index contributed by atoms with van der Waals surface area (Å²) in [6, 6.07) is 24.9. The maximum absolute atomic E-state index is 13.4. The topological polar surface area (TPSA) is 52.6 Å². The van der Waals surface area contributed by atoms with E-state index in [1.54, 1.807) is 12.1 Å². The number of benzene rings is 3. The first-order valence-electron chi connectivity index (χ1n) is 10.0. The zero-order valence-corrected chi connectivity index (χ0v) is 17.3. The molecule has 4 nitrogen and oxygen atoms in total. The standard InChI is InChI=1S/C26H26O4/c1-19-9-6-7-14-23(19)24(15-16-25(27)29-2)26(28)21-12-8-13-22(17-21)30-18-20-10-4-3-5-11-20/h3-14,17,24H,15-16,18H2,1-2H3. The van der Waals surface area contributed by atoms with Crippen molar-refractivity contribution in [2.75, 3.05) is 7.11 Å². The Balaban J connectivity index is 1.81. The highest BCUT2D eigenvalue weighted by molar-refractivity contribution is 6.01. The largest absolute Gasteiger partial charge is 0.489 e. The van der Waals surface area contributed by atoms with Crippen LogP contribution >= 0.6 is 0 Å². The molecule has 0 aromatic heterocycles. The number of methoxy groups -OCH3 is 1. The minimum Gasteiger partial charge on any atom is -0.489 e. The van der Waals surface area contributed by atoms with Crippen molar-refractivity contribution in [2.24, 2.45) is 0 Å². The Labute approximate surface area is 177 Å². The lowest BCUT2D eigenvalue weighted by Crippen LogP contribution is -2.16. The van der Waals surface area contributed by atoms with E-state index in [4.69, 9.17) is 9.47 Å². The third-order valence-corrected chi connectivity index (χ3v) is 5.11. The van der Waals surface area contributed by atoms with Crippen LogP contribution in [0.1, 0.15) is 45.8 Å². The zero-order valence-electron chi connectivity index (χ0n) is 17.3. The van der Waals surface area contributed by atoms with Gasteiger partial charge in [0.1, 0.15) is 12.4 Å². The Morgan fingerprint density at radius 2 is 1.63 bits per heavy atom. The van der Waals surface area contributed by atoms with Crippen LogP contribution in [0.15, 0.2) is 78.9 Å². The smallest absolute Gasteiger partial charge is 0.305 e. The first kappa shape index (κ1) is 21.3. The van der Waals surface area contributed by atoms with Gasteiger partial charge in [-0.2, -0.15) is 0 Å². The van der Waals surface area contributed by atoms with E-state index in [9.17, 15) is 9.59 Å². The molecule has 0 radical (unpaired) electrons. The molecule has 4 heteroatoms. The molecular formula is C26H26O4. The second kappa shape index (κ2) is 10.4. The number of hydrogen-bond acceptors (Lipinski definition) is 4. The molecule has 0 aliphatic rings. The average molecular weight is 402 g/mol. The summed E-state index contributed by atoms with van der Waals surface area (Å²) in [7, 11) is 1.36. The van der Waals surface area contributed by atoms with Crippen molar-refractivity contribution >= 4 is 11.8 Å². The summed E-state index contributed by atoms with van der Waals surface area (Å²) in [5.41, 5.74) is 3.59. The molecule has 0 aliphatic heterocycles. The number of carbonyl (C=O) groups is 2. The fraction of sp³-hybridized carbons (Fsp3) is 0.231. The quantitative estimate of drug-likeness (QED) is 0.351. The number of ether oxygens (including phenoxy) is 2. The fourth-order valence-corrected chi connectivity index (χ4v) is 3.45. The second-order valence-electron chi connectivity index (χ2n) is 7.19. The molecule has 0 aliphatic carbocycles. The first-order chi connectivity index (χ1) is 14.6. The highest BCUT2D eigenvalue weighted by atomic mass is 16.5. The molecule has 0 bridgehead atoms. The maximum atomic E-state index is 13.4. The van der Waals surface area contributed by atoms with Crippen molar-refractivity contribution in [3.05, 3.63) is 101 Å². The molecular weight excluding hydrogens is 376 g/mol. The van der Waals surface area contributed by atoms with Crippen molar-refractivity contribution in [1.29, 1.82) is 0 Å². The zero-order chi connectivity index (χ0) is 21.3. The van der Waals surface area contributed by atoms with Crippen molar-refractivity contribution in [2.45, 2.75) is 32.3 Å². The highest BCUT2D eigenvalue weighted by Gasteiger charge is 2.24. The van der Waals surface area contributed by atoms with Gasteiger partial charge in [0.25, 0.3) is 0 Å². The van der Waals surface area contributed by atoms with Gasteiger partial charge >= 0.3 is 5.97 Å². The summed E-state index contributed by atoms with van der Waals surface area (Å²) in [5, 5.41) is 0. The molecule has 0 heterocycles. The van der Waals surface area contributed by atoms with Gasteiger partial charge in [-0.3, -0.25) is 9.59 Å². The molecule has 30 heavy (non-hydrogen) atoms. The van der Waals surface area contributed by atoms with E-state index in [1.165, 1.54) is 7.11 Å². The molecule has 1 unspecified atom stereocenters. The number of ketones is 1. The Morgan fingerprint density at radius 1 is 0.900 bits per heavy atom. The molecule has 1 atom stereocenters. The molecule has 0 saturated carbocycles. The van der Waals surface area contributed by atoms with E-state index in [2.05, 4.69) is 0 Å². The van der Waals surface area contributed by atoms with Gasteiger partial charge in [-0.25, -0.2) is 0 Å². The van der Waals surface area contributed by atoms with Crippen LogP contribution in [0.25, 0.3) is 0 Å². The monoisotopic (exact) mass is 402 g/mol. The Kier molecular flexibility index (Phi) is 7.39. The third kappa shape index (κ3) is 5.57. The third-order valence-electron chi connectivity index (χ3n) is 5.11. The lowest BCUT2D eigenvalue weighted by Gasteiger charge is -2.18. The van der Waals surface area contributed by atoms with E-state index >= 15 is 0 Å². The predicted octanol–water partition coefficient (Wildman–Crippen LogP) is 5.49. The summed E-state index contributed by atoms with van der Waals surface area (Å²) in [6.45, 7) is 2.41. The minimum absolute atomic E-state index is 0.0293. The highest BCUT2D eigenvalue weighted by Crippen LogP contribution is 2.29. The van der Waals surface area contributed by atoms with Crippen LogP contribution in [0.3, 0.4) is 0 Å². The Bertz CT molecular complexity index is 995. The molecule has 3 aromatic carbocycles. The van der Waals surface area contributed by atoms with Gasteiger partial charge in [0.15, 0.2) is 5.78 Å². The van der Waals surface area contributed by atoms with Crippen LogP contribution in [-0.4, -0.2) is 18.9 Å². The lowest BCUT2D eigenvalue weighted by atomic mass is 9.85. The average Bonchev–Trinajstić information content (AvgIpc) is 2.79. The second-order valence-corrected chi connectivity index (χ2v) is 7.19. The fourth-order valence-electron chi connectivity index (χ4n) is 3.45. The van der Waals surface area contributed by atoms with Gasteiger partial charge in [-0.1, -0.05) is 66.7 Å². The summed E-state index contributed by atoms with van der Waals surface area (Å²) >= 11 is 0. The Morgan fingerprint density at radius 3 is 2.37 bits per heavy atom. The van der Waals surface area contributed by atoms with E-state index in [0.29, 0.717) is 24.3 Å². The van der Waals surface area contributed by atoms with Gasteiger partial charge in [0.2, 0.25) is 0 Å².